The Morgan fingerprint density at radius 1 is 1.18 bits per heavy atom. The van der Waals surface area contributed by atoms with Crippen molar-refractivity contribution in [3.63, 3.8) is 0 Å². The lowest BCUT2D eigenvalue weighted by Crippen LogP contribution is -2.50. The summed E-state index contributed by atoms with van der Waals surface area (Å²) in [5.41, 5.74) is 2.60. The Balaban J connectivity index is 1.34. The third-order valence-corrected chi connectivity index (χ3v) is 5.58. The van der Waals surface area contributed by atoms with Gasteiger partial charge in [-0.3, -0.25) is 14.9 Å². The molecule has 1 aromatic carbocycles. The quantitative estimate of drug-likeness (QED) is 0.634. The smallest absolute Gasteiger partial charge is 0.193 e. The largest absolute Gasteiger partial charge is 0.373 e. The lowest BCUT2D eigenvalue weighted by Gasteiger charge is -2.36. The zero-order valence-electron chi connectivity index (χ0n) is 16.5. The van der Waals surface area contributed by atoms with E-state index < -0.39 is 0 Å². The molecule has 2 aromatic rings. The molecule has 6 heteroatoms. The van der Waals surface area contributed by atoms with Gasteiger partial charge >= 0.3 is 0 Å². The van der Waals surface area contributed by atoms with Gasteiger partial charge in [0.2, 0.25) is 0 Å². The normalized spacial score (nSPS) is 22.9. The van der Waals surface area contributed by atoms with Gasteiger partial charge in [-0.1, -0.05) is 36.4 Å². The lowest BCUT2D eigenvalue weighted by molar-refractivity contribution is -0.0502. The van der Waals surface area contributed by atoms with Crippen LogP contribution < -0.4 is 5.32 Å². The molecule has 1 N–H and O–H groups in total. The highest BCUT2D eigenvalue weighted by atomic mass is 16.5. The summed E-state index contributed by atoms with van der Waals surface area (Å²) in [6.07, 6.45) is 4.91. The minimum absolute atomic E-state index is 0.245. The maximum absolute atomic E-state index is 6.09. The molecule has 2 saturated heterocycles. The molecule has 6 nitrogen and oxygen atoms in total. The van der Waals surface area contributed by atoms with Crippen LogP contribution in [0.3, 0.4) is 0 Å². The average molecular weight is 380 g/mol. The number of nitrogens with zero attached hydrogens (tertiary/aromatic N) is 4. The highest BCUT2D eigenvalue weighted by molar-refractivity contribution is 5.80. The van der Waals surface area contributed by atoms with Crippen molar-refractivity contribution in [3.8, 4) is 0 Å². The standard InChI is InChI=1S/C22H29N5O/c1-23-22(25-11-9-18-8-5-10-24-14-18)27-16-20-21(17-27)28-13-12-26(20)15-19-6-3-2-4-7-19/h2-8,10,14,20-21H,9,11-13,15-17H2,1H3,(H,23,25). The average Bonchev–Trinajstić information content (AvgIpc) is 3.18. The summed E-state index contributed by atoms with van der Waals surface area (Å²) in [6, 6.07) is 15.2. The molecule has 28 heavy (non-hydrogen) atoms. The molecule has 148 valence electrons. The van der Waals surface area contributed by atoms with Crippen LogP contribution in [0.1, 0.15) is 11.1 Å². The van der Waals surface area contributed by atoms with Crippen LogP contribution >= 0.6 is 0 Å². The summed E-state index contributed by atoms with van der Waals surface area (Å²) in [6.45, 7) is 5.45. The van der Waals surface area contributed by atoms with Gasteiger partial charge in [-0.15, -0.1) is 0 Å². The molecule has 2 aliphatic rings. The van der Waals surface area contributed by atoms with Crippen LogP contribution in [0.5, 0.6) is 0 Å². The number of morpholine rings is 1. The molecular formula is C22H29N5O. The van der Waals surface area contributed by atoms with Crippen molar-refractivity contribution in [1.29, 1.82) is 0 Å². The van der Waals surface area contributed by atoms with Crippen molar-refractivity contribution in [1.82, 2.24) is 20.1 Å². The number of aliphatic imine (C=N–C) groups is 1. The predicted molar refractivity (Wildman–Crippen MR) is 111 cm³/mol. The van der Waals surface area contributed by atoms with E-state index in [9.17, 15) is 0 Å². The van der Waals surface area contributed by atoms with E-state index in [0.717, 1.165) is 51.7 Å². The molecule has 1 aromatic heterocycles. The van der Waals surface area contributed by atoms with Crippen LogP contribution in [0, 0.1) is 0 Å². The van der Waals surface area contributed by atoms with Gasteiger partial charge in [0.25, 0.3) is 0 Å². The van der Waals surface area contributed by atoms with Crippen LogP contribution in [0.15, 0.2) is 59.9 Å². The zero-order chi connectivity index (χ0) is 19.2. The Bertz CT molecular complexity index is 767. The number of aromatic nitrogens is 1. The van der Waals surface area contributed by atoms with Gasteiger partial charge in [0.15, 0.2) is 5.96 Å². The van der Waals surface area contributed by atoms with E-state index in [2.05, 4.69) is 61.5 Å². The third kappa shape index (κ3) is 4.51. The number of likely N-dealkylation sites (tertiary alicyclic amines) is 1. The summed E-state index contributed by atoms with van der Waals surface area (Å²) in [5, 5.41) is 3.51. The second kappa shape index (κ2) is 9.17. The zero-order valence-corrected chi connectivity index (χ0v) is 16.5. The second-order valence-electron chi connectivity index (χ2n) is 7.42. The number of benzene rings is 1. The minimum atomic E-state index is 0.245. The number of ether oxygens (including phenoxy) is 1. The van der Waals surface area contributed by atoms with Gasteiger partial charge in [0.05, 0.1) is 18.8 Å². The Morgan fingerprint density at radius 2 is 2.04 bits per heavy atom. The van der Waals surface area contributed by atoms with Crippen molar-refractivity contribution in [2.45, 2.75) is 25.1 Å². The molecule has 0 bridgehead atoms. The van der Waals surface area contributed by atoms with E-state index >= 15 is 0 Å². The summed E-state index contributed by atoms with van der Waals surface area (Å²) in [7, 11) is 1.86. The van der Waals surface area contributed by atoms with Gasteiger partial charge in [-0.25, -0.2) is 0 Å². The number of rotatable bonds is 5. The van der Waals surface area contributed by atoms with Crippen LogP contribution in [0.2, 0.25) is 0 Å². The molecule has 0 aliphatic carbocycles. The van der Waals surface area contributed by atoms with E-state index in [1.807, 2.05) is 25.5 Å². The minimum Gasteiger partial charge on any atom is -0.373 e. The van der Waals surface area contributed by atoms with Crippen molar-refractivity contribution >= 4 is 5.96 Å². The number of nitrogens with one attached hydrogen (secondary N) is 1. The first-order chi connectivity index (χ1) is 13.8. The van der Waals surface area contributed by atoms with E-state index in [1.54, 1.807) is 0 Å². The van der Waals surface area contributed by atoms with Crippen LogP contribution in [0.25, 0.3) is 0 Å². The molecule has 2 atom stereocenters. The first kappa shape index (κ1) is 18.9. The molecular weight excluding hydrogens is 350 g/mol. The van der Waals surface area contributed by atoms with Crippen LogP contribution in [0.4, 0.5) is 0 Å². The van der Waals surface area contributed by atoms with Crippen molar-refractivity contribution < 1.29 is 4.74 Å². The fraction of sp³-hybridized carbons (Fsp3) is 0.455. The fourth-order valence-corrected chi connectivity index (χ4v) is 4.14. The molecule has 0 spiro atoms. The molecule has 0 saturated carbocycles. The highest BCUT2D eigenvalue weighted by Crippen LogP contribution is 2.24. The summed E-state index contributed by atoms with van der Waals surface area (Å²) >= 11 is 0. The Kier molecular flexibility index (Phi) is 6.19. The molecule has 3 heterocycles. The Hall–Kier alpha value is -2.44. The number of guanidine groups is 1. The maximum Gasteiger partial charge on any atom is 0.193 e. The van der Waals surface area contributed by atoms with Gasteiger partial charge in [-0.05, 0) is 23.6 Å². The number of hydrogen-bond acceptors (Lipinski definition) is 4. The second-order valence-corrected chi connectivity index (χ2v) is 7.42. The molecule has 2 unspecified atom stereocenters. The van der Waals surface area contributed by atoms with Crippen molar-refractivity contribution in [3.05, 3.63) is 66.0 Å². The maximum atomic E-state index is 6.09. The van der Waals surface area contributed by atoms with Crippen LogP contribution in [-0.4, -0.2) is 72.7 Å². The van der Waals surface area contributed by atoms with E-state index in [1.165, 1.54) is 11.1 Å². The predicted octanol–water partition coefficient (Wildman–Crippen LogP) is 1.78. The Labute approximate surface area is 167 Å². The van der Waals surface area contributed by atoms with Crippen molar-refractivity contribution in [2.75, 3.05) is 39.8 Å². The van der Waals surface area contributed by atoms with E-state index in [0.29, 0.717) is 6.04 Å². The first-order valence-corrected chi connectivity index (χ1v) is 10.1. The summed E-state index contributed by atoms with van der Waals surface area (Å²) in [4.78, 5) is 13.6. The van der Waals surface area contributed by atoms with Gasteiger partial charge in [0.1, 0.15) is 0 Å². The van der Waals surface area contributed by atoms with Crippen molar-refractivity contribution in [2.24, 2.45) is 4.99 Å². The SMILES string of the molecule is CN=C(NCCc1cccnc1)N1CC2OCCN(Cc3ccccc3)C2C1. The first-order valence-electron chi connectivity index (χ1n) is 10.1. The summed E-state index contributed by atoms with van der Waals surface area (Å²) < 4.78 is 6.09. The van der Waals surface area contributed by atoms with E-state index in [4.69, 9.17) is 4.74 Å². The number of pyridine rings is 1. The fourth-order valence-electron chi connectivity index (χ4n) is 4.14. The number of fused-ring (bicyclic) bond motifs is 1. The molecule has 2 fully saturated rings. The lowest BCUT2D eigenvalue weighted by atomic mass is 10.1. The van der Waals surface area contributed by atoms with E-state index in [-0.39, 0.29) is 6.10 Å². The van der Waals surface area contributed by atoms with Gasteiger partial charge in [0, 0.05) is 52.2 Å². The Morgan fingerprint density at radius 3 is 2.82 bits per heavy atom. The third-order valence-electron chi connectivity index (χ3n) is 5.58. The highest BCUT2D eigenvalue weighted by Gasteiger charge is 2.41. The molecule has 2 aliphatic heterocycles. The molecule has 4 rings (SSSR count). The number of hydrogen-bond donors (Lipinski definition) is 1. The molecule has 0 radical (unpaired) electrons. The summed E-state index contributed by atoms with van der Waals surface area (Å²) in [5.74, 6) is 0.960. The van der Waals surface area contributed by atoms with Crippen LogP contribution in [-0.2, 0) is 17.7 Å². The van der Waals surface area contributed by atoms with Gasteiger partial charge < -0.3 is 15.0 Å². The molecule has 0 amide bonds. The monoisotopic (exact) mass is 379 g/mol. The van der Waals surface area contributed by atoms with Gasteiger partial charge in [-0.2, -0.15) is 0 Å². The topological polar surface area (TPSA) is 53.0 Å².